The Hall–Kier alpha value is -0.610. The van der Waals surface area contributed by atoms with E-state index in [0.29, 0.717) is 0 Å². The van der Waals surface area contributed by atoms with Crippen LogP contribution in [0.25, 0.3) is 0 Å². The summed E-state index contributed by atoms with van der Waals surface area (Å²) in [5.74, 6) is 1.02. The van der Waals surface area contributed by atoms with Crippen molar-refractivity contribution >= 4 is 5.91 Å². The molecule has 1 amide bonds. The highest BCUT2D eigenvalue weighted by atomic mass is 16.2. The molecule has 2 N–H and O–H groups in total. The molecular formula is C14H27N3O. The molecule has 0 saturated carbocycles. The van der Waals surface area contributed by atoms with E-state index >= 15 is 0 Å². The highest BCUT2D eigenvalue weighted by molar-refractivity contribution is 5.81. The molecule has 2 rings (SSSR count). The minimum atomic E-state index is 0.0759. The minimum Gasteiger partial charge on any atom is -0.355 e. The van der Waals surface area contributed by atoms with E-state index in [9.17, 15) is 4.79 Å². The van der Waals surface area contributed by atoms with Crippen molar-refractivity contribution in [3.05, 3.63) is 0 Å². The van der Waals surface area contributed by atoms with Gasteiger partial charge in [0.05, 0.1) is 6.04 Å². The smallest absolute Gasteiger partial charge is 0.237 e. The molecule has 0 aromatic rings. The SMILES string of the molecule is CCN1CCC(CCNC(=O)C2CCCN2)CC1. The summed E-state index contributed by atoms with van der Waals surface area (Å²) in [6.07, 6.45) is 5.88. The van der Waals surface area contributed by atoms with Crippen molar-refractivity contribution in [2.45, 2.75) is 45.1 Å². The predicted octanol–water partition coefficient (Wildman–Crippen LogP) is 0.977. The van der Waals surface area contributed by atoms with Crippen LogP contribution in [0.2, 0.25) is 0 Å². The van der Waals surface area contributed by atoms with Gasteiger partial charge in [-0.3, -0.25) is 4.79 Å². The summed E-state index contributed by atoms with van der Waals surface area (Å²) in [5.41, 5.74) is 0. The fourth-order valence-electron chi connectivity index (χ4n) is 3.02. The number of hydrogen-bond donors (Lipinski definition) is 2. The van der Waals surface area contributed by atoms with Gasteiger partial charge in [-0.2, -0.15) is 0 Å². The normalized spacial score (nSPS) is 26.4. The lowest BCUT2D eigenvalue weighted by molar-refractivity contribution is -0.122. The lowest BCUT2D eigenvalue weighted by Gasteiger charge is -2.31. The van der Waals surface area contributed by atoms with Crippen LogP contribution in [0.4, 0.5) is 0 Å². The molecule has 4 heteroatoms. The Morgan fingerprint density at radius 2 is 2.11 bits per heavy atom. The second-order valence-electron chi connectivity index (χ2n) is 5.61. The number of hydrogen-bond acceptors (Lipinski definition) is 3. The molecule has 0 bridgehead atoms. The van der Waals surface area contributed by atoms with Crippen LogP contribution >= 0.6 is 0 Å². The van der Waals surface area contributed by atoms with Gasteiger partial charge in [0.15, 0.2) is 0 Å². The zero-order valence-corrected chi connectivity index (χ0v) is 11.6. The molecule has 0 aromatic heterocycles. The van der Waals surface area contributed by atoms with Gasteiger partial charge in [0, 0.05) is 6.54 Å². The number of rotatable bonds is 5. The topological polar surface area (TPSA) is 44.4 Å². The number of carbonyl (C=O) groups is 1. The van der Waals surface area contributed by atoms with Crippen molar-refractivity contribution in [2.24, 2.45) is 5.92 Å². The van der Waals surface area contributed by atoms with E-state index in [1.54, 1.807) is 0 Å². The third-order valence-corrected chi connectivity index (χ3v) is 4.38. The zero-order valence-electron chi connectivity index (χ0n) is 11.6. The first-order valence-corrected chi connectivity index (χ1v) is 7.53. The van der Waals surface area contributed by atoms with Crippen molar-refractivity contribution < 1.29 is 4.79 Å². The van der Waals surface area contributed by atoms with E-state index in [2.05, 4.69) is 22.5 Å². The van der Waals surface area contributed by atoms with Crippen molar-refractivity contribution in [2.75, 3.05) is 32.7 Å². The Kier molecular flexibility index (Phi) is 5.45. The molecule has 0 spiro atoms. The van der Waals surface area contributed by atoms with Gasteiger partial charge in [-0.05, 0) is 64.2 Å². The highest BCUT2D eigenvalue weighted by Crippen LogP contribution is 2.19. The maximum absolute atomic E-state index is 11.8. The lowest BCUT2D eigenvalue weighted by Crippen LogP contribution is -2.41. The van der Waals surface area contributed by atoms with Gasteiger partial charge < -0.3 is 15.5 Å². The van der Waals surface area contributed by atoms with Gasteiger partial charge in [0.2, 0.25) is 5.91 Å². The Labute approximate surface area is 110 Å². The fourth-order valence-corrected chi connectivity index (χ4v) is 3.02. The molecular weight excluding hydrogens is 226 g/mol. The average Bonchev–Trinajstić information content (AvgIpc) is 2.93. The minimum absolute atomic E-state index is 0.0759. The second kappa shape index (κ2) is 7.10. The summed E-state index contributed by atoms with van der Waals surface area (Å²) in [4.78, 5) is 14.3. The summed E-state index contributed by atoms with van der Waals surface area (Å²) in [7, 11) is 0. The number of nitrogens with zero attached hydrogens (tertiary/aromatic N) is 1. The largest absolute Gasteiger partial charge is 0.355 e. The molecule has 1 unspecified atom stereocenters. The van der Waals surface area contributed by atoms with Gasteiger partial charge in [-0.15, -0.1) is 0 Å². The van der Waals surface area contributed by atoms with Crippen molar-refractivity contribution in [1.82, 2.24) is 15.5 Å². The Morgan fingerprint density at radius 3 is 2.72 bits per heavy atom. The lowest BCUT2D eigenvalue weighted by atomic mass is 9.93. The molecule has 1 atom stereocenters. The maximum atomic E-state index is 11.8. The quantitative estimate of drug-likeness (QED) is 0.767. The van der Waals surface area contributed by atoms with E-state index in [1.807, 2.05) is 0 Å². The van der Waals surface area contributed by atoms with Crippen LogP contribution < -0.4 is 10.6 Å². The molecule has 2 heterocycles. The van der Waals surface area contributed by atoms with Crippen LogP contribution in [0.15, 0.2) is 0 Å². The molecule has 2 aliphatic heterocycles. The zero-order chi connectivity index (χ0) is 12.8. The standard InChI is InChI=1S/C14H27N3O/c1-2-17-10-6-12(7-11-17)5-9-16-14(18)13-4-3-8-15-13/h12-13,15H,2-11H2,1H3,(H,16,18). The third-order valence-electron chi connectivity index (χ3n) is 4.38. The Bertz CT molecular complexity index is 256. The molecule has 2 fully saturated rings. The fraction of sp³-hybridized carbons (Fsp3) is 0.929. The molecule has 0 aliphatic carbocycles. The number of nitrogens with one attached hydrogen (secondary N) is 2. The first kappa shape index (κ1) is 13.8. The highest BCUT2D eigenvalue weighted by Gasteiger charge is 2.22. The van der Waals surface area contributed by atoms with Gasteiger partial charge in [0.25, 0.3) is 0 Å². The maximum Gasteiger partial charge on any atom is 0.237 e. The second-order valence-corrected chi connectivity index (χ2v) is 5.61. The van der Waals surface area contributed by atoms with Gasteiger partial charge in [0.1, 0.15) is 0 Å². The first-order chi connectivity index (χ1) is 8.79. The number of likely N-dealkylation sites (tertiary alicyclic amines) is 1. The molecule has 2 saturated heterocycles. The van der Waals surface area contributed by atoms with Crippen LogP contribution in [0.5, 0.6) is 0 Å². The summed E-state index contributed by atoms with van der Waals surface area (Å²) in [5, 5.41) is 6.32. The molecule has 0 radical (unpaired) electrons. The average molecular weight is 253 g/mol. The molecule has 4 nitrogen and oxygen atoms in total. The molecule has 2 aliphatic rings. The summed E-state index contributed by atoms with van der Waals surface area (Å²) in [6, 6.07) is 0.0759. The summed E-state index contributed by atoms with van der Waals surface area (Å²) in [6.45, 7) is 7.73. The van der Waals surface area contributed by atoms with Gasteiger partial charge in [-0.1, -0.05) is 6.92 Å². The van der Waals surface area contributed by atoms with E-state index in [-0.39, 0.29) is 11.9 Å². The number of amides is 1. The van der Waals surface area contributed by atoms with E-state index < -0.39 is 0 Å². The van der Waals surface area contributed by atoms with Crippen LogP contribution in [0.1, 0.15) is 39.0 Å². The monoisotopic (exact) mass is 253 g/mol. The van der Waals surface area contributed by atoms with E-state index in [1.165, 1.54) is 32.5 Å². The first-order valence-electron chi connectivity index (χ1n) is 7.53. The van der Waals surface area contributed by atoms with Crippen LogP contribution in [-0.2, 0) is 4.79 Å². The Balaban J connectivity index is 1.56. The van der Waals surface area contributed by atoms with Gasteiger partial charge in [-0.25, -0.2) is 0 Å². The van der Waals surface area contributed by atoms with Crippen molar-refractivity contribution in [3.8, 4) is 0 Å². The van der Waals surface area contributed by atoms with E-state index in [4.69, 9.17) is 0 Å². The summed E-state index contributed by atoms with van der Waals surface area (Å²) >= 11 is 0. The van der Waals surface area contributed by atoms with Crippen LogP contribution in [0, 0.1) is 5.92 Å². The molecule has 0 aromatic carbocycles. The van der Waals surface area contributed by atoms with Crippen LogP contribution in [0.3, 0.4) is 0 Å². The molecule has 104 valence electrons. The predicted molar refractivity (Wildman–Crippen MR) is 73.5 cm³/mol. The van der Waals surface area contributed by atoms with Crippen molar-refractivity contribution in [3.63, 3.8) is 0 Å². The number of piperidine rings is 1. The van der Waals surface area contributed by atoms with Gasteiger partial charge >= 0.3 is 0 Å². The number of carbonyl (C=O) groups excluding carboxylic acids is 1. The van der Waals surface area contributed by atoms with Crippen molar-refractivity contribution in [1.29, 1.82) is 0 Å². The van der Waals surface area contributed by atoms with Crippen LogP contribution in [-0.4, -0.2) is 49.6 Å². The molecule has 18 heavy (non-hydrogen) atoms. The van der Waals surface area contributed by atoms with E-state index in [0.717, 1.165) is 38.3 Å². The summed E-state index contributed by atoms with van der Waals surface area (Å²) < 4.78 is 0. The Morgan fingerprint density at radius 1 is 1.33 bits per heavy atom. The third kappa shape index (κ3) is 3.95.